The molecule has 0 amide bonds. The molecular formula is C20H26FN3O3. The molecule has 0 aliphatic heterocycles. The number of methoxy groups -OCH3 is 3. The molecule has 7 heteroatoms. The van der Waals surface area contributed by atoms with E-state index in [1.54, 1.807) is 46.6 Å². The third-order valence-corrected chi connectivity index (χ3v) is 4.08. The molecule has 6 nitrogen and oxygen atoms in total. The number of hydrogen-bond acceptors (Lipinski definition) is 4. The summed E-state index contributed by atoms with van der Waals surface area (Å²) in [7, 11) is 6.50. The smallest absolute Gasteiger partial charge is 0.191 e. The van der Waals surface area contributed by atoms with Crippen LogP contribution in [0.25, 0.3) is 0 Å². The molecule has 0 spiro atoms. The van der Waals surface area contributed by atoms with Crippen LogP contribution in [0.1, 0.15) is 11.1 Å². The number of nitrogens with one attached hydrogen (secondary N) is 2. The van der Waals surface area contributed by atoms with Gasteiger partial charge in [0.15, 0.2) is 17.5 Å². The molecule has 0 saturated carbocycles. The lowest BCUT2D eigenvalue weighted by atomic mass is 10.1. The number of ether oxygens (including phenoxy) is 3. The van der Waals surface area contributed by atoms with Gasteiger partial charge in [-0.3, -0.25) is 4.99 Å². The standard InChI is InChI=1S/C20H26FN3O3/c1-22-20(23-10-9-14-5-7-16(21)8-6-14)24-13-15-11-18(26-3)19(27-4)12-17(15)25-2/h5-8,11-12H,9-10,13H2,1-4H3,(H2,22,23,24). The second-order valence-corrected chi connectivity index (χ2v) is 5.75. The van der Waals surface area contributed by atoms with Crippen molar-refractivity contribution in [2.45, 2.75) is 13.0 Å². The van der Waals surface area contributed by atoms with E-state index in [1.807, 2.05) is 6.07 Å². The number of halogens is 1. The van der Waals surface area contributed by atoms with Crippen molar-refractivity contribution in [1.82, 2.24) is 10.6 Å². The van der Waals surface area contributed by atoms with Gasteiger partial charge in [-0.2, -0.15) is 0 Å². The molecular weight excluding hydrogens is 349 g/mol. The molecule has 0 aromatic heterocycles. The molecule has 0 bridgehead atoms. The number of nitrogens with zero attached hydrogens (tertiary/aromatic N) is 1. The van der Waals surface area contributed by atoms with Crippen LogP contribution >= 0.6 is 0 Å². The van der Waals surface area contributed by atoms with E-state index in [4.69, 9.17) is 14.2 Å². The first-order valence-electron chi connectivity index (χ1n) is 8.59. The number of guanidine groups is 1. The predicted molar refractivity (Wildman–Crippen MR) is 104 cm³/mol. The van der Waals surface area contributed by atoms with Gasteiger partial charge in [0, 0.05) is 31.8 Å². The molecule has 0 heterocycles. The summed E-state index contributed by atoms with van der Waals surface area (Å²) in [6.45, 7) is 1.17. The minimum Gasteiger partial charge on any atom is -0.496 e. The van der Waals surface area contributed by atoms with E-state index < -0.39 is 0 Å². The van der Waals surface area contributed by atoms with E-state index >= 15 is 0 Å². The Hall–Kier alpha value is -2.96. The fraction of sp³-hybridized carbons (Fsp3) is 0.350. The molecule has 0 aliphatic carbocycles. The van der Waals surface area contributed by atoms with Crippen molar-refractivity contribution in [3.05, 3.63) is 53.3 Å². The average molecular weight is 375 g/mol. The number of aliphatic imine (C=N–C) groups is 1. The monoisotopic (exact) mass is 375 g/mol. The molecule has 146 valence electrons. The Kier molecular flexibility index (Phi) is 7.73. The number of hydrogen-bond donors (Lipinski definition) is 2. The van der Waals surface area contributed by atoms with Gasteiger partial charge in [-0.1, -0.05) is 12.1 Å². The van der Waals surface area contributed by atoms with Crippen molar-refractivity contribution >= 4 is 5.96 Å². The van der Waals surface area contributed by atoms with Crippen molar-refractivity contribution in [2.75, 3.05) is 34.9 Å². The van der Waals surface area contributed by atoms with Gasteiger partial charge in [0.25, 0.3) is 0 Å². The predicted octanol–water partition coefficient (Wildman–Crippen LogP) is 2.76. The maximum absolute atomic E-state index is 12.9. The van der Waals surface area contributed by atoms with E-state index in [0.29, 0.717) is 36.3 Å². The SMILES string of the molecule is CN=C(NCCc1ccc(F)cc1)NCc1cc(OC)c(OC)cc1OC. The summed E-state index contributed by atoms with van der Waals surface area (Å²) in [5.74, 6) is 2.37. The molecule has 0 unspecified atom stereocenters. The van der Waals surface area contributed by atoms with Gasteiger partial charge in [0.2, 0.25) is 0 Å². The minimum absolute atomic E-state index is 0.229. The molecule has 2 aromatic rings. The summed E-state index contributed by atoms with van der Waals surface area (Å²) in [6.07, 6.45) is 0.765. The van der Waals surface area contributed by atoms with Crippen LogP contribution in [0.2, 0.25) is 0 Å². The summed E-state index contributed by atoms with van der Waals surface area (Å²) in [5, 5.41) is 6.49. The Bertz CT molecular complexity index is 764. The lowest BCUT2D eigenvalue weighted by molar-refractivity contribution is 0.347. The summed E-state index contributed by atoms with van der Waals surface area (Å²) in [6, 6.07) is 10.2. The highest BCUT2D eigenvalue weighted by molar-refractivity contribution is 5.79. The Morgan fingerprint density at radius 3 is 2.15 bits per heavy atom. The first-order valence-corrected chi connectivity index (χ1v) is 8.59. The normalized spacial score (nSPS) is 11.1. The first-order chi connectivity index (χ1) is 13.1. The summed E-state index contributed by atoms with van der Waals surface area (Å²) in [5.41, 5.74) is 1.97. The molecule has 2 rings (SSSR count). The van der Waals surface area contributed by atoms with E-state index in [-0.39, 0.29) is 5.82 Å². The molecule has 0 atom stereocenters. The van der Waals surface area contributed by atoms with Gasteiger partial charge in [0.1, 0.15) is 11.6 Å². The molecule has 2 N–H and O–H groups in total. The van der Waals surface area contributed by atoms with Crippen LogP contribution in [0.15, 0.2) is 41.4 Å². The third kappa shape index (κ3) is 5.77. The van der Waals surface area contributed by atoms with E-state index in [2.05, 4.69) is 15.6 Å². The first kappa shape index (κ1) is 20.4. The van der Waals surface area contributed by atoms with Crippen molar-refractivity contribution in [1.29, 1.82) is 0 Å². The zero-order valence-corrected chi connectivity index (χ0v) is 16.1. The Balaban J connectivity index is 1.94. The Labute approximate surface area is 159 Å². The van der Waals surface area contributed by atoms with Gasteiger partial charge >= 0.3 is 0 Å². The van der Waals surface area contributed by atoms with Crippen LogP contribution in [0.4, 0.5) is 4.39 Å². The second-order valence-electron chi connectivity index (χ2n) is 5.75. The zero-order valence-electron chi connectivity index (χ0n) is 16.1. The molecule has 0 radical (unpaired) electrons. The van der Waals surface area contributed by atoms with E-state index in [0.717, 1.165) is 17.5 Å². The van der Waals surface area contributed by atoms with Crippen molar-refractivity contribution in [3.63, 3.8) is 0 Å². The van der Waals surface area contributed by atoms with Crippen molar-refractivity contribution < 1.29 is 18.6 Å². The second kappa shape index (κ2) is 10.3. The molecule has 0 fully saturated rings. The quantitative estimate of drug-likeness (QED) is 0.549. The highest BCUT2D eigenvalue weighted by Crippen LogP contribution is 2.34. The van der Waals surface area contributed by atoms with Crippen LogP contribution in [-0.4, -0.2) is 40.9 Å². The third-order valence-electron chi connectivity index (χ3n) is 4.08. The van der Waals surface area contributed by atoms with Crippen LogP contribution in [0, 0.1) is 5.82 Å². The van der Waals surface area contributed by atoms with Gasteiger partial charge in [-0.05, 0) is 30.2 Å². The summed E-state index contributed by atoms with van der Waals surface area (Å²) >= 11 is 0. The van der Waals surface area contributed by atoms with E-state index in [9.17, 15) is 4.39 Å². The van der Waals surface area contributed by atoms with Crippen molar-refractivity contribution in [2.24, 2.45) is 4.99 Å². The Morgan fingerprint density at radius 1 is 0.926 bits per heavy atom. The van der Waals surface area contributed by atoms with E-state index in [1.165, 1.54) is 12.1 Å². The number of rotatable bonds is 8. The van der Waals surface area contributed by atoms with Crippen LogP contribution in [0.5, 0.6) is 17.2 Å². The molecule has 27 heavy (non-hydrogen) atoms. The largest absolute Gasteiger partial charge is 0.496 e. The lowest BCUT2D eigenvalue weighted by Gasteiger charge is -2.16. The Morgan fingerprint density at radius 2 is 1.56 bits per heavy atom. The van der Waals surface area contributed by atoms with Crippen LogP contribution < -0.4 is 24.8 Å². The van der Waals surface area contributed by atoms with Crippen LogP contribution in [0.3, 0.4) is 0 Å². The van der Waals surface area contributed by atoms with Crippen molar-refractivity contribution in [3.8, 4) is 17.2 Å². The molecule has 2 aromatic carbocycles. The molecule has 0 aliphatic rings. The molecule has 0 saturated heterocycles. The highest BCUT2D eigenvalue weighted by Gasteiger charge is 2.12. The highest BCUT2D eigenvalue weighted by atomic mass is 19.1. The fourth-order valence-corrected chi connectivity index (χ4v) is 2.61. The summed E-state index contributed by atoms with van der Waals surface area (Å²) in [4.78, 5) is 4.22. The summed E-state index contributed by atoms with van der Waals surface area (Å²) < 4.78 is 29.0. The average Bonchev–Trinajstić information content (AvgIpc) is 2.71. The van der Waals surface area contributed by atoms with Gasteiger partial charge in [-0.25, -0.2) is 4.39 Å². The maximum Gasteiger partial charge on any atom is 0.191 e. The topological polar surface area (TPSA) is 64.1 Å². The van der Waals surface area contributed by atoms with Gasteiger partial charge < -0.3 is 24.8 Å². The van der Waals surface area contributed by atoms with Gasteiger partial charge in [-0.15, -0.1) is 0 Å². The van der Waals surface area contributed by atoms with Gasteiger partial charge in [0.05, 0.1) is 21.3 Å². The zero-order chi connectivity index (χ0) is 19.6. The fourth-order valence-electron chi connectivity index (χ4n) is 2.61. The lowest BCUT2D eigenvalue weighted by Crippen LogP contribution is -2.37. The minimum atomic E-state index is -0.229. The maximum atomic E-state index is 12.9. The van der Waals surface area contributed by atoms with Crippen LogP contribution in [-0.2, 0) is 13.0 Å². The number of benzene rings is 2.